The summed E-state index contributed by atoms with van der Waals surface area (Å²) in [6.07, 6.45) is 1.20. The van der Waals surface area contributed by atoms with Crippen LogP contribution >= 0.6 is 0 Å². The summed E-state index contributed by atoms with van der Waals surface area (Å²) in [6, 6.07) is 2.48. The number of ether oxygens (including phenoxy) is 1. The summed E-state index contributed by atoms with van der Waals surface area (Å²) in [5.74, 6) is -1.44. The predicted molar refractivity (Wildman–Crippen MR) is 46.5 cm³/mol. The third-order valence-electron chi connectivity index (χ3n) is 1.37. The zero-order valence-electron chi connectivity index (χ0n) is 7.15. The molecule has 1 heterocycles. The summed E-state index contributed by atoms with van der Waals surface area (Å²) in [5.41, 5.74) is 4.60. The van der Waals surface area contributed by atoms with Crippen LogP contribution < -0.4 is 11.3 Å². The van der Waals surface area contributed by atoms with Gasteiger partial charge >= 0.3 is 5.97 Å². The Morgan fingerprint density at radius 1 is 1.43 bits per heavy atom. The number of rotatable bonds is 3. The van der Waals surface area contributed by atoms with Crippen LogP contribution in [0.25, 0.3) is 0 Å². The second kappa shape index (κ2) is 4.22. The number of pyridine rings is 1. The maximum atomic E-state index is 11.1. The fraction of sp³-hybridized carbons (Fsp3) is 0.125. The smallest absolute Gasteiger partial charge is 0.340 e. The zero-order chi connectivity index (χ0) is 10.6. The first-order valence-corrected chi connectivity index (χ1v) is 3.74. The van der Waals surface area contributed by atoms with Crippen LogP contribution in [0.3, 0.4) is 0 Å². The van der Waals surface area contributed by atoms with E-state index in [1.165, 1.54) is 18.3 Å². The van der Waals surface area contributed by atoms with Crippen LogP contribution in [0.1, 0.15) is 10.4 Å². The van der Waals surface area contributed by atoms with E-state index in [1.54, 1.807) is 0 Å². The Balaban J connectivity index is 2.65. The zero-order valence-corrected chi connectivity index (χ0v) is 7.15. The van der Waals surface area contributed by atoms with E-state index in [2.05, 4.69) is 9.72 Å². The number of aromatic nitrogens is 1. The highest BCUT2D eigenvalue weighted by Gasteiger charge is 2.07. The molecule has 14 heavy (non-hydrogen) atoms. The standard InChI is InChI=1S/C8H8N2O4/c9-6(11)4-14-8(13)5-1-2-7(12)10-3-5/h1-3H,4H2,(H2,9,11)(H,10,12). The summed E-state index contributed by atoms with van der Waals surface area (Å²) in [6.45, 7) is -0.474. The molecule has 0 saturated carbocycles. The lowest BCUT2D eigenvalue weighted by Gasteiger charge is -2.00. The Hall–Kier alpha value is -2.11. The van der Waals surface area contributed by atoms with Crippen LogP contribution in [-0.4, -0.2) is 23.5 Å². The van der Waals surface area contributed by atoms with Crippen molar-refractivity contribution >= 4 is 11.9 Å². The van der Waals surface area contributed by atoms with Crippen molar-refractivity contribution in [3.05, 3.63) is 34.2 Å². The minimum absolute atomic E-state index is 0.158. The van der Waals surface area contributed by atoms with Gasteiger partial charge in [-0.25, -0.2) is 4.79 Å². The summed E-state index contributed by atoms with van der Waals surface area (Å²) in [4.78, 5) is 34.3. The van der Waals surface area contributed by atoms with Crippen LogP contribution in [-0.2, 0) is 9.53 Å². The molecule has 1 rings (SSSR count). The molecule has 0 bridgehead atoms. The summed E-state index contributed by atoms with van der Waals surface area (Å²) < 4.78 is 4.49. The fourth-order valence-corrected chi connectivity index (χ4v) is 0.758. The van der Waals surface area contributed by atoms with Crippen molar-refractivity contribution in [2.75, 3.05) is 6.61 Å². The highest BCUT2D eigenvalue weighted by molar-refractivity contribution is 5.90. The van der Waals surface area contributed by atoms with E-state index in [0.29, 0.717) is 0 Å². The van der Waals surface area contributed by atoms with Gasteiger partial charge in [-0.2, -0.15) is 0 Å². The Labute approximate surface area is 78.7 Å². The minimum Gasteiger partial charge on any atom is -0.452 e. The number of amides is 1. The Morgan fingerprint density at radius 3 is 2.64 bits per heavy atom. The first kappa shape index (κ1) is 9.97. The largest absolute Gasteiger partial charge is 0.452 e. The molecule has 6 nitrogen and oxygen atoms in total. The van der Waals surface area contributed by atoms with Gasteiger partial charge in [0, 0.05) is 12.3 Å². The molecule has 6 heteroatoms. The van der Waals surface area contributed by atoms with Gasteiger partial charge in [0.15, 0.2) is 6.61 Å². The van der Waals surface area contributed by atoms with Crippen molar-refractivity contribution in [2.45, 2.75) is 0 Å². The maximum absolute atomic E-state index is 11.1. The minimum atomic E-state index is -0.734. The lowest BCUT2D eigenvalue weighted by Crippen LogP contribution is -2.21. The van der Waals surface area contributed by atoms with Gasteiger partial charge in [0.05, 0.1) is 5.56 Å². The number of nitrogens with two attached hydrogens (primary N) is 1. The average Bonchev–Trinajstić information content (AvgIpc) is 2.15. The summed E-state index contributed by atoms with van der Waals surface area (Å²) in [7, 11) is 0. The number of carbonyl (C=O) groups excluding carboxylic acids is 2. The molecule has 1 aromatic rings. The second-order valence-corrected chi connectivity index (χ2v) is 2.48. The van der Waals surface area contributed by atoms with Crippen molar-refractivity contribution in [1.82, 2.24) is 4.98 Å². The van der Waals surface area contributed by atoms with Crippen molar-refractivity contribution < 1.29 is 14.3 Å². The van der Waals surface area contributed by atoms with E-state index in [-0.39, 0.29) is 11.1 Å². The molecule has 0 aromatic carbocycles. The van der Waals surface area contributed by atoms with Crippen molar-refractivity contribution in [3.63, 3.8) is 0 Å². The number of primary amides is 1. The Bertz CT molecular complexity index is 390. The molecular weight excluding hydrogens is 188 g/mol. The monoisotopic (exact) mass is 196 g/mol. The van der Waals surface area contributed by atoms with Crippen LogP contribution in [0.15, 0.2) is 23.1 Å². The van der Waals surface area contributed by atoms with Gasteiger partial charge < -0.3 is 15.5 Å². The fourth-order valence-electron chi connectivity index (χ4n) is 0.758. The maximum Gasteiger partial charge on any atom is 0.340 e. The van der Waals surface area contributed by atoms with Crippen molar-refractivity contribution in [1.29, 1.82) is 0 Å². The Kier molecular flexibility index (Phi) is 3.01. The number of hydrogen-bond acceptors (Lipinski definition) is 4. The summed E-state index contributed by atoms with van der Waals surface area (Å²) >= 11 is 0. The molecule has 0 saturated heterocycles. The highest BCUT2D eigenvalue weighted by atomic mass is 16.5. The van der Waals surface area contributed by atoms with Crippen LogP contribution in [0.5, 0.6) is 0 Å². The van der Waals surface area contributed by atoms with E-state index in [9.17, 15) is 14.4 Å². The van der Waals surface area contributed by atoms with Gasteiger partial charge in [-0.15, -0.1) is 0 Å². The van der Waals surface area contributed by atoms with E-state index in [4.69, 9.17) is 5.73 Å². The molecule has 0 radical (unpaired) electrons. The van der Waals surface area contributed by atoms with Gasteiger partial charge in [-0.3, -0.25) is 9.59 Å². The van der Waals surface area contributed by atoms with Gasteiger partial charge in [0.1, 0.15) is 0 Å². The second-order valence-electron chi connectivity index (χ2n) is 2.48. The number of hydrogen-bond donors (Lipinski definition) is 2. The highest BCUT2D eigenvalue weighted by Crippen LogP contribution is 1.96. The number of esters is 1. The molecule has 1 amide bonds. The lowest BCUT2D eigenvalue weighted by molar-refractivity contribution is -0.121. The number of nitrogens with one attached hydrogen (secondary N) is 1. The number of H-pyrrole nitrogens is 1. The molecule has 3 N–H and O–H groups in total. The van der Waals surface area contributed by atoms with Gasteiger partial charge in [0.2, 0.25) is 5.56 Å². The van der Waals surface area contributed by atoms with Gasteiger partial charge in [0.25, 0.3) is 5.91 Å². The average molecular weight is 196 g/mol. The third kappa shape index (κ3) is 2.74. The molecule has 0 aliphatic heterocycles. The molecule has 0 aliphatic rings. The molecule has 0 unspecified atom stereocenters. The molecule has 0 aliphatic carbocycles. The van der Waals surface area contributed by atoms with E-state index in [1.807, 2.05) is 0 Å². The lowest BCUT2D eigenvalue weighted by atomic mass is 10.3. The number of aromatic amines is 1. The van der Waals surface area contributed by atoms with Crippen LogP contribution in [0, 0.1) is 0 Å². The first-order valence-electron chi connectivity index (χ1n) is 3.74. The van der Waals surface area contributed by atoms with E-state index >= 15 is 0 Å². The van der Waals surface area contributed by atoms with Crippen LogP contribution in [0.4, 0.5) is 0 Å². The Morgan fingerprint density at radius 2 is 2.14 bits per heavy atom. The molecule has 0 spiro atoms. The van der Waals surface area contributed by atoms with E-state index < -0.39 is 18.5 Å². The quantitative estimate of drug-likeness (QED) is 0.606. The third-order valence-corrected chi connectivity index (χ3v) is 1.37. The molecular formula is C8H8N2O4. The van der Waals surface area contributed by atoms with E-state index in [0.717, 1.165) is 0 Å². The summed E-state index contributed by atoms with van der Waals surface area (Å²) in [5, 5.41) is 0. The van der Waals surface area contributed by atoms with Crippen molar-refractivity contribution in [2.24, 2.45) is 5.73 Å². The van der Waals surface area contributed by atoms with Gasteiger partial charge in [-0.05, 0) is 6.07 Å². The molecule has 74 valence electrons. The first-order chi connectivity index (χ1) is 6.59. The SMILES string of the molecule is NC(=O)COC(=O)c1ccc(=O)[nH]c1. The van der Waals surface area contributed by atoms with Crippen LogP contribution in [0.2, 0.25) is 0 Å². The van der Waals surface area contributed by atoms with Crippen molar-refractivity contribution in [3.8, 4) is 0 Å². The topological polar surface area (TPSA) is 102 Å². The number of carbonyl (C=O) groups is 2. The van der Waals surface area contributed by atoms with Gasteiger partial charge in [-0.1, -0.05) is 0 Å². The molecule has 1 aromatic heterocycles. The normalized spacial score (nSPS) is 9.43. The molecule has 0 fully saturated rings. The predicted octanol–water partition coefficient (Wildman–Crippen LogP) is -0.983. The molecule has 0 atom stereocenters.